The molecular weight excluding hydrogens is 218 g/mol. The summed E-state index contributed by atoms with van der Waals surface area (Å²) < 4.78 is 4.81. The summed E-state index contributed by atoms with van der Waals surface area (Å²) in [6, 6.07) is 0. The number of nitrogens with one attached hydrogen (secondary N) is 1. The highest BCUT2D eigenvalue weighted by molar-refractivity contribution is 5.88. The van der Waals surface area contributed by atoms with Gasteiger partial charge in [-0.05, 0) is 19.3 Å². The predicted molar refractivity (Wildman–Crippen MR) is 65.5 cm³/mol. The van der Waals surface area contributed by atoms with Crippen LogP contribution in [0.5, 0.6) is 0 Å². The predicted octanol–water partition coefficient (Wildman–Crippen LogP) is 2.17. The maximum Gasteiger partial charge on any atom is 0.331 e. The first-order chi connectivity index (χ1) is 8.14. The maximum absolute atomic E-state index is 11.8. The van der Waals surface area contributed by atoms with Crippen LogP contribution in [0, 0.1) is 0 Å². The average Bonchev–Trinajstić information content (AvgIpc) is 2.78. The fourth-order valence-electron chi connectivity index (χ4n) is 2.42. The SMILES string of the molecule is CCCCCC(=O)NC1(C(=O)OC)CCCC1. The van der Waals surface area contributed by atoms with E-state index in [1.807, 2.05) is 0 Å². The zero-order valence-corrected chi connectivity index (χ0v) is 10.9. The lowest BCUT2D eigenvalue weighted by Crippen LogP contribution is -2.53. The highest BCUT2D eigenvalue weighted by Crippen LogP contribution is 2.30. The van der Waals surface area contributed by atoms with Crippen LogP contribution in [-0.4, -0.2) is 24.5 Å². The zero-order chi connectivity index (χ0) is 12.7. The molecule has 1 fully saturated rings. The van der Waals surface area contributed by atoms with Gasteiger partial charge in [0.05, 0.1) is 7.11 Å². The summed E-state index contributed by atoms with van der Waals surface area (Å²) in [5.74, 6) is -0.315. The van der Waals surface area contributed by atoms with Crippen molar-refractivity contribution in [1.29, 1.82) is 0 Å². The third-order valence-corrected chi connectivity index (χ3v) is 3.42. The zero-order valence-electron chi connectivity index (χ0n) is 10.9. The summed E-state index contributed by atoms with van der Waals surface area (Å²) in [5.41, 5.74) is -0.738. The topological polar surface area (TPSA) is 55.4 Å². The van der Waals surface area contributed by atoms with E-state index in [-0.39, 0.29) is 11.9 Å². The van der Waals surface area contributed by atoms with Crippen LogP contribution in [0.15, 0.2) is 0 Å². The van der Waals surface area contributed by atoms with Crippen LogP contribution in [0.25, 0.3) is 0 Å². The molecule has 0 radical (unpaired) electrons. The average molecular weight is 241 g/mol. The number of ether oxygens (including phenoxy) is 1. The number of methoxy groups -OCH3 is 1. The van der Waals surface area contributed by atoms with E-state index in [1.54, 1.807) is 0 Å². The van der Waals surface area contributed by atoms with Gasteiger partial charge in [-0.25, -0.2) is 4.79 Å². The van der Waals surface area contributed by atoms with Crippen molar-refractivity contribution < 1.29 is 14.3 Å². The van der Waals surface area contributed by atoms with E-state index in [0.717, 1.165) is 32.1 Å². The Morgan fingerprint density at radius 2 is 1.88 bits per heavy atom. The lowest BCUT2D eigenvalue weighted by molar-refractivity contribution is -0.150. The van der Waals surface area contributed by atoms with Crippen LogP contribution in [0.3, 0.4) is 0 Å². The Morgan fingerprint density at radius 1 is 1.24 bits per heavy atom. The molecule has 0 aromatic rings. The summed E-state index contributed by atoms with van der Waals surface area (Å²) in [6.45, 7) is 2.10. The normalized spacial score (nSPS) is 17.8. The first-order valence-corrected chi connectivity index (χ1v) is 6.54. The number of esters is 1. The largest absolute Gasteiger partial charge is 0.467 e. The smallest absolute Gasteiger partial charge is 0.331 e. The van der Waals surface area contributed by atoms with Crippen molar-refractivity contribution in [3.63, 3.8) is 0 Å². The van der Waals surface area contributed by atoms with Crippen LogP contribution in [0.2, 0.25) is 0 Å². The van der Waals surface area contributed by atoms with Crippen LogP contribution in [0.1, 0.15) is 58.3 Å². The van der Waals surface area contributed by atoms with E-state index in [1.165, 1.54) is 7.11 Å². The Bertz CT molecular complexity index is 270. The highest BCUT2D eigenvalue weighted by atomic mass is 16.5. The number of hydrogen-bond acceptors (Lipinski definition) is 3. The minimum atomic E-state index is -0.738. The van der Waals surface area contributed by atoms with Gasteiger partial charge in [-0.2, -0.15) is 0 Å². The second-order valence-electron chi connectivity index (χ2n) is 4.79. The second-order valence-corrected chi connectivity index (χ2v) is 4.79. The summed E-state index contributed by atoms with van der Waals surface area (Å²) in [6.07, 6.45) is 6.91. The molecule has 0 aromatic heterocycles. The van der Waals surface area contributed by atoms with E-state index >= 15 is 0 Å². The molecule has 0 heterocycles. The van der Waals surface area contributed by atoms with Gasteiger partial charge in [0.15, 0.2) is 0 Å². The molecule has 17 heavy (non-hydrogen) atoms. The number of amides is 1. The molecule has 0 aliphatic heterocycles. The van der Waals surface area contributed by atoms with Crippen LogP contribution in [0.4, 0.5) is 0 Å². The fourth-order valence-corrected chi connectivity index (χ4v) is 2.42. The summed E-state index contributed by atoms with van der Waals surface area (Å²) in [5, 5.41) is 2.89. The molecule has 0 unspecified atom stereocenters. The van der Waals surface area contributed by atoms with E-state index in [4.69, 9.17) is 4.74 Å². The standard InChI is InChI=1S/C13H23NO3/c1-3-4-5-8-11(15)14-13(12(16)17-2)9-6-7-10-13/h3-10H2,1-2H3,(H,14,15). The molecule has 0 aromatic carbocycles. The van der Waals surface area contributed by atoms with Gasteiger partial charge in [0, 0.05) is 6.42 Å². The molecule has 1 aliphatic carbocycles. The lowest BCUT2D eigenvalue weighted by atomic mass is 9.97. The monoisotopic (exact) mass is 241 g/mol. The molecule has 0 spiro atoms. The van der Waals surface area contributed by atoms with E-state index < -0.39 is 5.54 Å². The number of rotatable bonds is 6. The second kappa shape index (κ2) is 6.62. The number of hydrogen-bond donors (Lipinski definition) is 1. The molecule has 1 saturated carbocycles. The maximum atomic E-state index is 11.8. The number of unbranched alkanes of at least 4 members (excludes halogenated alkanes) is 2. The van der Waals surface area contributed by atoms with Crippen molar-refractivity contribution in [1.82, 2.24) is 5.32 Å². The quantitative estimate of drug-likeness (QED) is 0.572. The van der Waals surface area contributed by atoms with E-state index in [2.05, 4.69) is 12.2 Å². The van der Waals surface area contributed by atoms with Crippen molar-refractivity contribution in [2.45, 2.75) is 63.8 Å². The molecule has 0 atom stereocenters. The minimum Gasteiger partial charge on any atom is -0.467 e. The highest BCUT2D eigenvalue weighted by Gasteiger charge is 2.43. The Morgan fingerprint density at radius 3 is 2.41 bits per heavy atom. The van der Waals surface area contributed by atoms with Crippen molar-refractivity contribution in [3.8, 4) is 0 Å². The molecule has 1 amide bonds. The number of carbonyl (C=O) groups is 2. The van der Waals surface area contributed by atoms with Crippen LogP contribution >= 0.6 is 0 Å². The molecule has 0 bridgehead atoms. The molecule has 4 nitrogen and oxygen atoms in total. The number of carbonyl (C=O) groups excluding carboxylic acids is 2. The third kappa shape index (κ3) is 3.72. The molecule has 1 N–H and O–H groups in total. The lowest BCUT2D eigenvalue weighted by Gasteiger charge is -2.27. The Labute approximate surface area is 103 Å². The van der Waals surface area contributed by atoms with Gasteiger partial charge < -0.3 is 10.1 Å². The molecular formula is C13H23NO3. The van der Waals surface area contributed by atoms with Crippen molar-refractivity contribution in [3.05, 3.63) is 0 Å². The van der Waals surface area contributed by atoms with Crippen molar-refractivity contribution in [2.24, 2.45) is 0 Å². The first-order valence-electron chi connectivity index (χ1n) is 6.54. The van der Waals surface area contributed by atoms with Gasteiger partial charge in [-0.1, -0.05) is 32.6 Å². The van der Waals surface area contributed by atoms with Gasteiger partial charge in [-0.3, -0.25) is 4.79 Å². The van der Waals surface area contributed by atoms with Crippen LogP contribution < -0.4 is 5.32 Å². The first kappa shape index (κ1) is 14.0. The summed E-state index contributed by atoms with van der Waals surface area (Å²) in [7, 11) is 1.38. The minimum absolute atomic E-state index is 0.0225. The Balaban J connectivity index is 2.49. The third-order valence-electron chi connectivity index (χ3n) is 3.42. The van der Waals surface area contributed by atoms with Crippen molar-refractivity contribution >= 4 is 11.9 Å². The summed E-state index contributed by atoms with van der Waals surface area (Å²) >= 11 is 0. The van der Waals surface area contributed by atoms with Gasteiger partial charge in [0.25, 0.3) is 0 Å². The molecule has 4 heteroatoms. The molecule has 1 rings (SSSR count). The fraction of sp³-hybridized carbons (Fsp3) is 0.846. The molecule has 98 valence electrons. The molecule has 0 saturated heterocycles. The van der Waals surface area contributed by atoms with E-state index in [0.29, 0.717) is 19.3 Å². The van der Waals surface area contributed by atoms with Gasteiger partial charge >= 0.3 is 5.97 Å². The Kier molecular flexibility index (Phi) is 5.45. The Hall–Kier alpha value is -1.06. The van der Waals surface area contributed by atoms with Gasteiger partial charge in [0.2, 0.25) is 5.91 Å². The van der Waals surface area contributed by atoms with Gasteiger partial charge in [-0.15, -0.1) is 0 Å². The molecule has 1 aliphatic rings. The van der Waals surface area contributed by atoms with E-state index in [9.17, 15) is 9.59 Å². The van der Waals surface area contributed by atoms with Crippen LogP contribution in [-0.2, 0) is 14.3 Å². The summed E-state index contributed by atoms with van der Waals surface area (Å²) in [4.78, 5) is 23.5. The van der Waals surface area contributed by atoms with Gasteiger partial charge in [0.1, 0.15) is 5.54 Å². The van der Waals surface area contributed by atoms with Crippen molar-refractivity contribution in [2.75, 3.05) is 7.11 Å².